The van der Waals surface area contributed by atoms with Crippen molar-refractivity contribution in [3.05, 3.63) is 35.7 Å². The van der Waals surface area contributed by atoms with Crippen LogP contribution in [0.5, 0.6) is 0 Å². The van der Waals surface area contributed by atoms with Gasteiger partial charge in [-0.25, -0.2) is 9.97 Å². The Morgan fingerprint density at radius 2 is 1.43 bits per heavy atom. The van der Waals surface area contributed by atoms with Crippen molar-refractivity contribution < 1.29 is 9.59 Å². The maximum absolute atomic E-state index is 12.2. The Labute approximate surface area is 301 Å². The molecule has 14 heteroatoms. The zero-order valence-electron chi connectivity index (χ0n) is 31.7. The van der Waals surface area contributed by atoms with E-state index >= 15 is 0 Å². The molecule has 2 amide bonds. The SMILES string of the molecule is CCCC[C@](C)(CNC(C)=O)Nc1nc(NC(CC)C[C@](C)(CNC(C)=O)Nc2nc(N)nc3cc(C(C)C)cnc23)nc2cc(CC)cnc12. The number of anilines is 4. The van der Waals surface area contributed by atoms with Crippen molar-refractivity contribution in [1.82, 2.24) is 40.5 Å². The lowest BCUT2D eigenvalue weighted by Gasteiger charge is -2.35. The summed E-state index contributed by atoms with van der Waals surface area (Å²) < 4.78 is 0. The number of carbonyl (C=O) groups excluding carboxylic acids is 2. The minimum atomic E-state index is -0.697. The van der Waals surface area contributed by atoms with Gasteiger partial charge in [0, 0.05) is 45.4 Å². The van der Waals surface area contributed by atoms with Gasteiger partial charge in [-0.05, 0) is 68.7 Å². The minimum Gasteiger partial charge on any atom is -0.368 e. The van der Waals surface area contributed by atoms with Crippen molar-refractivity contribution >= 4 is 57.4 Å². The van der Waals surface area contributed by atoms with Crippen LogP contribution in [-0.2, 0) is 16.0 Å². The molecule has 0 fully saturated rings. The predicted molar refractivity (Wildman–Crippen MR) is 206 cm³/mol. The Hall–Kier alpha value is -4.88. The lowest BCUT2D eigenvalue weighted by molar-refractivity contribution is -0.120. The standard InChI is InChI=1S/C37H56N12O2/c1-10-13-14-36(8,20-41-23(6)50)48-33-30-28(15-25(11-2)18-39-30)45-35(47-33)43-27(12-3)17-37(9,21-42-24(7)51)49-32-31-29(44-34(38)46-32)16-26(19-40-31)22(4)5/h15-16,18-19,22,27H,10-14,17,20-21H2,1-9H3,(H,41,50)(H,42,51)(H3,38,44,46,49)(H2,43,45,47,48)/t27?,36-,37-/m1/s1. The molecule has 0 radical (unpaired) electrons. The molecule has 1 unspecified atom stereocenters. The summed E-state index contributed by atoms with van der Waals surface area (Å²) in [5.41, 5.74) is 9.76. The van der Waals surface area contributed by atoms with Crippen molar-refractivity contribution in [2.45, 2.75) is 124 Å². The minimum absolute atomic E-state index is 0.0874. The molecular weight excluding hydrogens is 644 g/mol. The zero-order valence-corrected chi connectivity index (χ0v) is 31.7. The van der Waals surface area contributed by atoms with Gasteiger partial charge in [0.25, 0.3) is 0 Å². The number of carbonyl (C=O) groups is 2. The van der Waals surface area contributed by atoms with Gasteiger partial charge >= 0.3 is 0 Å². The normalized spacial score (nSPS) is 14.5. The van der Waals surface area contributed by atoms with E-state index in [1.54, 1.807) is 0 Å². The molecule has 7 N–H and O–H groups in total. The van der Waals surface area contributed by atoms with E-state index in [4.69, 9.17) is 25.7 Å². The molecule has 0 spiro atoms. The van der Waals surface area contributed by atoms with Gasteiger partial charge < -0.3 is 32.3 Å². The van der Waals surface area contributed by atoms with Crippen molar-refractivity contribution in [1.29, 1.82) is 0 Å². The highest BCUT2D eigenvalue weighted by atomic mass is 16.2. The van der Waals surface area contributed by atoms with E-state index in [2.05, 4.69) is 78.1 Å². The number of nitrogens with one attached hydrogen (secondary N) is 5. The number of nitrogens with zero attached hydrogens (tertiary/aromatic N) is 6. The largest absolute Gasteiger partial charge is 0.368 e. The maximum atomic E-state index is 12.2. The Morgan fingerprint density at radius 3 is 2.04 bits per heavy atom. The first-order valence-corrected chi connectivity index (χ1v) is 18.1. The highest BCUT2D eigenvalue weighted by Gasteiger charge is 2.31. The number of amides is 2. The summed E-state index contributed by atoms with van der Waals surface area (Å²) in [6.45, 7) is 18.4. The number of fused-ring (bicyclic) bond motifs is 2. The average Bonchev–Trinajstić information content (AvgIpc) is 3.08. The van der Waals surface area contributed by atoms with Crippen LogP contribution < -0.4 is 32.3 Å². The molecule has 14 nitrogen and oxygen atoms in total. The summed E-state index contributed by atoms with van der Waals surface area (Å²) in [5, 5.41) is 16.8. The highest BCUT2D eigenvalue weighted by molar-refractivity contribution is 5.88. The van der Waals surface area contributed by atoms with Crippen LogP contribution in [0.15, 0.2) is 24.5 Å². The van der Waals surface area contributed by atoms with Gasteiger partial charge in [-0.3, -0.25) is 19.6 Å². The van der Waals surface area contributed by atoms with Gasteiger partial charge in [0.05, 0.1) is 22.1 Å². The number of hydrogen-bond acceptors (Lipinski definition) is 12. The second-order valence-corrected chi connectivity index (χ2v) is 14.4. The molecular formula is C37H56N12O2. The fourth-order valence-corrected chi connectivity index (χ4v) is 6.02. The Bertz CT molecular complexity index is 1830. The Kier molecular flexibility index (Phi) is 12.9. The number of nitrogen functional groups attached to an aromatic ring is 1. The molecule has 4 heterocycles. The van der Waals surface area contributed by atoms with E-state index < -0.39 is 11.1 Å². The molecule has 3 atom stereocenters. The smallest absolute Gasteiger partial charge is 0.225 e. The third-order valence-corrected chi connectivity index (χ3v) is 9.14. The van der Waals surface area contributed by atoms with Crippen molar-refractivity contribution in [2.75, 3.05) is 34.8 Å². The van der Waals surface area contributed by atoms with E-state index in [9.17, 15) is 9.59 Å². The third-order valence-electron chi connectivity index (χ3n) is 9.14. The monoisotopic (exact) mass is 700 g/mol. The number of aromatic nitrogens is 6. The van der Waals surface area contributed by atoms with Gasteiger partial charge in [0.1, 0.15) is 11.0 Å². The molecule has 51 heavy (non-hydrogen) atoms. The second kappa shape index (κ2) is 16.9. The third kappa shape index (κ3) is 10.6. The Balaban J connectivity index is 1.71. The first-order valence-electron chi connectivity index (χ1n) is 18.1. The van der Waals surface area contributed by atoms with E-state index in [1.807, 2.05) is 31.5 Å². The number of hydrogen-bond donors (Lipinski definition) is 6. The molecule has 4 aromatic heterocycles. The van der Waals surface area contributed by atoms with Crippen LogP contribution in [0, 0.1) is 0 Å². The van der Waals surface area contributed by atoms with Gasteiger partial charge in [-0.15, -0.1) is 0 Å². The first kappa shape index (κ1) is 38.9. The maximum Gasteiger partial charge on any atom is 0.225 e. The molecule has 0 aliphatic heterocycles. The number of rotatable bonds is 18. The molecule has 4 rings (SSSR count). The topological polar surface area (TPSA) is 198 Å². The van der Waals surface area contributed by atoms with E-state index in [-0.39, 0.29) is 29.7 Å². The van der Waals surface area contributed by atoms with E-state index in [0.29, 0.717) is 53.6 Å². The van der Waals surface area contributed by atoms with Crippen LogP contribution in [0.3, 0.4) is 0 Å². The van der Waals surface area contributed by atoms with Crippen LogP contribution in [-0.4, -0.2) is 71.9 Å². The quantitative estimate of drug-likeness (QED) is 0.0740. The fraction of sp³-hybridized carbons (Fsp3) is 0.568. The number of pyridine rings is 2. The Morgan fingerprint density at radius 1 is 0.824 bits per heavy atom. The molecule has 0 aliphatic rings. The summed E-state index contributed by atoms with van der Waals surface area (Å²) in [7, 11) is 0. The van der Waals surface area contributed by atoms with Crippen LogP contribution in [0.4, 0.5) is 23.5 Å². The lowest BCUT2D eigenvalue weighted by atomic mass is 9.91. The first-order chi connectivity index (χ1) is 24.2. The zero-order chi connectivity index (χ0) is 37.3. The van der Waals surface area contributed by atoms with Crippen LogP contribution in [0.1, 0.15) is 111 Å². The molecule has 276 valence electrons. The summed E-state index contributed by atoms with van der Waals surface area (Å²) in [6, 6.07) is 3.91. The summed E-state index contributed by atoms with van der Waals surface area (Å²) >= 11 is 0. The molecule has 4 aromatic rings. The van der Waals surface area contributed by atoms with E-state index in [1.165, 1.54) is 13.8 Å². The predicted octanol–water partition coefficient (Wildman–Crippen LogP) is 5.72. The molecule has 0 aliphatic carbocycles. The van der Waals surface area contributed by atoms with Crippen molar-refractivity contribution in [3.63, 3.8) is 0 Å². The number of aryl methyl sites for hydroxylation is 1. The van der Waals surface area contributed by atoms with Gasteiger partial charge in [0.15, 0.2) is 11.6 Å². The van der Waals surface area contributed by atoms with Crippen LogP contribution in [0.25, 0.3) is 22.1 Å². The lowest BCUT2D eigenvalue weighted by Crippen LogP contribution is -2.49. The molecule has 0 bridgehead atoms. The molecule has 0 aromatic carbocycles. The van der Waals surface area contributed by atoms with Crippen molar-refractivity contribution in [3.8, 4) is 0 Å². The summed E-state index contributed by atoms with van der Waals surface area (Å²) in [5.74, 6) is 1.71. The fourth-order valence-electron chi connectivity index (χ4n) is 6.02. The number of unbranched alkanes of at least 4 members (excludes halogenated alkanes) is 1. The van der Waals surface area contributed by atoms with Crippen LogP contribution >= 0.6 is 0 Å². The van der Waals surface area contributed by atoms with Gasteiger partial charge in [0.2, 0.25) is 23.7 Å². The van der Waals surface area contributed by atoms with Crippen LogP contribution in [0.2, 0.25) is 0 Å². The number of nitrogens with two attached hydrogens (primary N) is 1. The average molecular weight is 701 g/mol. The molecule has 0 saturated heterocycles. The summed E-state index contributed by atoms with van der Waals surface area (Å²) in [4.78, 5) is 52.5. The van der Waals surface area contributed by atoms with E-state index in [0.717, 1.165) is 48.7 Å². The second-order valence-electron chi connectivity index (χ2n) is 14.4. The highest BCUT2D eigenvalue weighted by Crippen LogP contribution is 2.30. The summed E-state index contributed by atoms with van der Waals surface area (Å²) in [6.07, 6.45) is 8.61. The van der Waals surface area contributed by atoms with Gasteiger partial charge in [-0.2, -0.15) is 9.97 Å². The van der Waals surface area contributed by atoms with Crippen molar-refractivity contribution in [2.24, 2.45) is 0 Å². The van der Waals surface area contributed by atoms with Gasteiger partial charge in [-0.1, -0.05) is 47.5 Å². The molecule has 0 saturated carbocycles.